The molecule has 0 rings (SSSR count). The van der Waals surface area contributed by atoms with Crippen molar-refractivity contribution in [1.29, 1.82) is 0 Å². The molecular weight excluding hydrogens is 227 g/mol. The Balaban J connectivity index is 2.92. The van der Waals surface area contributed by atoms with Crippen molar-refractivity contribution in [3.8, 4) is 0 Å². The van der Waals surface area contributed by atoms with Crippen molar-refractivity contribution in [2.75, 3.05) is 5.88 Å². The van der Waals surface area contributed by atoms with E-state index in [2.05, 4.69) is 6.92 Å². The third-order valence-corrected chi connectivity index (χ3v) is 3.69. The Bertz CT molecular complexity index is 115. The van der Waals surface area contributed by atoms with Crippen molar-refractivity contribution in [1.82, 2.24) is 0 Å². The second-order valence-electron chi connectivity index (χ2n) is 4.37. The topological polar surface area (TPSA) is 0 Å². The highest BCUT2D eigenvalue weighted by Crippen LogP contribution is 2.13. The summed E-state index contributed by atoms with van der Waals surface area (Å²) in [5.74, 6) is 0.596. The highest BCUT2D eigenvalue weighted by atomic mass is 35.5. The highest BCUT2D eigenvalue weighted by Gasteiger charge is 2.01. The molecule has 2 heteroatoms. The summed E-state index contributed by atoms with van der Waals surface area (Å²) in [5.41, 5.74) is 0. The smallest absolute Gasteiger partial charge is 0.0471 e. The van der Waals surface area contributed by atoms with Crippen LogP contribution in [0, 0.1) is 0 Å². The molecule has 0 unspecified atom stereocenters. The molecule has 0 nitrogen and oxygen atoms in total. The number of hydrogen-bond donors (Lipinski definition) is 0. The SMILES string of the molecule is CCCCCCCCCCC[C@@H](Cl)CCl. The van der Waals surface area contributed by atoms with Gasteiger partial charge in [0.25, 0.3) is 0 Å². The molecule has 0 heterocycles. The maximum atomic E-state index is 5.93. The summed E-state index contributed by atoms with van der Waals surface area (Å²) in [7, 11) is 0. The first-order chi connectivity index (χ1) is 7.31. The van der Waals surface area contributed by atoms with Crippen molar-refractivity contribution in [3.63, 3.8) is 0 Å². The van der Waals surface area contributed by atoms with E-state index in [1.54, 1.807) is 0 Å². The largest absolute Gasteiger partial charge is 0.125 e. The van der Waals surface area contributed by atoms with Gasteiger partial charge in [0.15, 0.2) is 0 Å². The first-order valence-corrected chi connectivity index (χ1v) is 7.48. The molecule has 0 fully saturated rings. The molecule has 15 heavy (non-hydrogen) atoms. The minimum Gasteiger partial charge on any atom is -0.125 e. The zero-order valence-corrected chi connectivity index (χ0v) is 11.6. The van der Waals surface area contributed by atoms with E-state index in [0.29, 0.717) is 5.88 Å². The van der Waals surface area contributed by atoms with E-state index in [4.69, 9.17) is 23.2 Å². The minimum atomic E-state index is 0.191. The predicted octanol–water partition coefficient (Wildman–Crippen LogP) is 5.75. The third kappa shape index (κ3) is 12.5. The first-order valence-electron chi connectivity index (χ1n) is 6.51. The fraction of sp³-hybridized carbons (Fsp3) is 1.00. The van der Waals surface area contributed by atoms with Gasteiger partial charge in [-0.05, 0) is 6.42 Å². The van der Waals surface area contributed by atoms with Crippen LogP contribution in [-0.4, -0.2) is 11.3 Å². The van der Waals surface area contributed by atoms with Crippen LogP contribution >= 0.6 is 23.2 Å². The summed E-state index contributed by atoms with van der Waals surface area (Å²) < 4.78 is 0. The lowest BCUT2D eigenvalue weighted by Crippen LogP contribution is -1.99. The van der Waals surface area contributed by atoms with Gasteiger partial charge in [-0.25, -0.2) is 0 Å². The standard InChI is InChI=1S/C13H26Cl2/c1-2-3-4-5-6-7-8-9-10-11-13(15)12-14/h13H,2-12H2,1H3/t13-/m1/s1. The lowest BCUT2D eigenvalue weighted by Gasteiger charge is -2.04. The third-order valence-electron chi connectivity index (χ3n) is 2.79. The second-order valence-corrected chi connectivity index (χ2v) is 5.29. The zero-order valence-electron chi connectivity index (χ0n) is 10.1. The molecule has 0 aromatic carbocycles. The molecule has 0 radical (unpaired) electrons. The van der Waals surface area contributed by atoms with Gasteiger partial charge in [-0.1, -0.05) is 64.7 Å². The minimum absolute atomic E-state index is 0.191. The van der Waals surface area contributed by atoms with Crippen LogP contribution in [0.25, 0.3) is 0 Å². The van der Waals surface area contributed by atoms with E-state index >= 15 is 0 Å². The van der Waals surface area contributed by atoms with Crippen LogP contribution in [0.15, 0.2) is 0 Å². The summed E-state index contributed by atoms with van der Waals surface area (Å²) in [6.45, 7) is 2.26. The molecule has 1 atom stereocenters. The van der Waals surface area contributed by atoms with E-state index in [-0.39, 0.29) is 5.38 Å². The van der Waals surface area contributed by atoms with Gasteiger partial charge in [0.05, 0.1) is 0 Å². The van der Waals surface area contributed by atoms with Gasteiger partial charge in [0, 0.05) is 11.3 Å². The molecule has 0 bridgehead atoms. The molecule has 92 valence electrons. The van der Waals surface area contributed by atoms with Crippen LogP contribution < -0.4 is 0 Å². The predicted molar refractivity (Wildman–Crippen MR) is 72.2 cm³/mol. The second kappa shape index (κ2) is 12.6. The summed E-state index contributed by atoms with van der Waals surface area (Å²) >= 11 is 11.6. The van der Waals surface area contributed by atoms with Gasteiger partial charge >= 0.3 is 0 Å². The van der Waals surface area contributed by atoms with E-state index < -0.39 is 0 Å². The summed E-state index contributed by atoms with van der Waals surface area (Å²) in [5, 5.41) is 0.191. The molecule has 0 aromatic heterocycles. The fourth-order valence-electron chi connectivity index (χ4n) is 1.75. The lowest BCUT2D eigenvalue weighted by molar-refractivity contribution is 0.555. The highest BCUT2D eigenvalue weighted by molar-refractivity contribution is 6.28. The Morgan fingerprint density at radius 2 is 1.27 bits per heavy atom. The normalized spacial score (nSPS) is 13.0. The van der Waals surface area contributed by atoms with Crippen molar-refractivity contribution >= 4 is 23.2 Å². The number of hydrogen-bond acceptors (Lipinski definition) is 0. The van der Waals surface area contributed by atoms with Crippen LogP contribution in [0.2, 0.25) is 0 Å². The van der Waals surface area contributed by atoms with Crippen LogP contribution in [0.5, 0.6) is 0 Å². The Labute approximate surface area is 106 Å². The van der Waals surface area contributed by atoms with E-state index in [1.807, 2.05) is 0 Å². The zero-order chi connectivity index (χ0) is 11.4. The molecule has 0 spiro atoms. The Morgan fingerprint density at radius 3 is 1.73 bits per heavy atom. The maximum Gasteiger partial charge on any atom is 0.0471 e. The molecule has 0 aromatic rings. The number of halogens is 2. The molecule has 0 aliphatic carbocycles. The van der Waals surface area contributed by atoms with Crippen molar-refractivity contribution in [2.45, 2.75) is 76.5 Å². The summed E-state index contributed by atoms with van der Waals surface area (Å²) in [6, 6.07) is 0. The first kappa shape index (κ1) is 15.6. The van der Waals surface area contributed by atoms with Crippen LogP contribution in [-0.2, 0) is 0 Å². The Morgan fingerprint density at radius 1 is 0.800 bits per heavy atom. The average molecular weight is 253 g/mol. The van der Waals surface area contributed by atoms with Gasteiger partial charge in [-0.3, -0.25) is 0 Å². The monoisotopic (exact) mass is 252 g/mol. The van der Waals surface area contributed by atoms with Crippen LogP contribution in [0.1, 0.15) is 71.1 Å². The Kier molecular flexibility index (Phi) is 13.1. The Hall–Kier alpha value is 0.580. The molecular formula is C13H26Cl2. The van der Waals surface area contributed by atoms with Gasteiger partial charge in [0.2, 0.25) is 0 Å². The molecule has 0 aliphatic heterocycles. The summed E-state index contributed by atoms with van der Waals surface area (Å²) in [4.78, 5) is 0. The van der Waals surface area contributed by atoms with Crippen molar-refractivity contribution in [2.24, 2.45) is 0 Å². The number of unbranched alkanes of at least 4 members (excludes halogenated alkanes) is 8. The van der Waals surface area contributed by atoms with E-state index in [0.717, 1.165) is 6.42 Å². The molecule has 0 N–H and O–H groups in total. The van der Waals surface area contributed by atoms with E-state index in [1.165, 1.54) is 57.8 Å². The number of rotatable bonds is 11. The fourth-order valence-corrected chi connectivity index (χ4v) is 2.06. The van der Waals surface area contributed by atoms with Gasteiger partial charge in [-0.2, -0.15) is 0 Å². The van der Waals surface area contributed by atoms with Crippen LogP contribution in [0.3, 0.4) is 0 Å². The maximum absolute atomic E-state index is 5.93. The van der Waals surface area contributed by atoms with Crippen LogP contribution in [0.4, 0.5) is 0 Å². The molecule has 0 saturated carbocycles. The van der Waals surface area contributed by atoms with E-state index in [9.17, 15) is 0 Å². The molecule has 0 aliphatic rings. The summed E-state index contributed by atoms with van der Waals surface area (Å²) in [6.07, 6.45) is 13.4. The quantitative estimate of drug-likeness (QED) is 0.324. The van der Waals surface area contributed by atoms with Gasteiger partial charge in [0.1, 0.15) is 0 Å². The molecule has 0 amide bonds. The molecule has 0 saturated heterocycles. The number of alkyl halides is 2. The lowest BCUT2D eigenvalue weighted by atomic mass is 10.1. The van der Waals surface area contributed by atoms with Crippen molar-refractivity contribution in [3.05, 3.63) is 0 Å². The van der Waals surface area contributed by atoms with Gasteiger partial charge < -0.3 is 0 Å². The van der Waals surface area contributed by atoms with Crippen molar-refractivity contribution < 1.29 is 0 Å². The van der Waals surface area contributed by atoms with Gasteiger partial charge in [-0.15, -0.1) is 23.2 Å². The average Bonchev–Trinajstić information content (AvgIpc) is 2.26.